The fraction of sp³-hybridized carbons (Fsp3) is 0.625. The Labute approximate surface area is 65.7 Å². The van der Waals surface area contributed by atoms with Gasteiger partial charge in [0.15, 0.2) is 0 Å². The number of hydrogen-bond donors (Lipinski definition) is 0. The van der Waals surface area contributed by atoms with Crippen LogP contribution in [-0.4, -0.2) is 11.9 Å². The Kier molecular flexibility index (Phi) is 2.63. The molecular weight excluding hydrogens is 144 g/mol. The lowest BCUT2D eigenvalue weighted by molar-refractivity contribution is -0.152. The summed E-state index contributed by atoms with van der Waals surface area (Å²) in [6.45, 7) is 2.03. The second-order valence-corrected chi connectivity index (χ2v) is 2.63. The average molecular weight is 155 g/mol. The maximum Gasteiger partial charge on any atom is 0.317 e. The fourth-order valence-corrected chi connectivity index (χ4v) is 1.04. The van der Waals surface area contributed by atoms with E-state index in [0.29, 0.717) is 0 Å². The summed E-state index contributed by atoms with van der Waals surface area (Å²) in [5, 5.41) is 0. The van der Waals surface area contributed by atoms with Crippen molar-refractivity contribution in [1.29, 1.82) is 0 Å². The number of ether oxygens (including phenoxy) is 1. The first-order valence-electron chi connectivity index (χ1n) is 3.82. The zero-order valence-corrected chi connectivity index (χ0v) is 6.50. The van der Waals surface area contributed by atoms with Crippen LogP contribution in [0.3, 0.4) is 0 Å². The summed E-state index contributed by atoms with van der Waals surface area (Å²) < 4.78 is 4.36. The van der Waals surface area contributed by atoms with Gasteiger partial charge in [0, 0.05) is 0 Å². The van der Waals surface area contributed by atoms with Crippen LogP contribution < -0.4 is 0 Å². The van der Waals surface area contributed by atoms with Crippen molar-refractivity contribution in [3.05, 3.63) is 6.42 Å². The predicted molar refractivity (Wildman–Crippen MR) is 38.4 cm³/mol. The number of hydrogen-bond acceptors (Lipinski definition) is 3. The molecule has 1 rings (SSSR count). The molecule has 0 bridgehead atoms. The molecule has 1 aliphatic rings. The predicted octanol–water partition coefficient (Wildman–Crippen LogP) is 1.08. The van der Waals surface area contributed by atoms with Gasteiger partial charge in [0.1, 0.15) is 0 Å². The molecule has 1 unspecified atom stereocenters. The van der Waals surface area contributed by atoms with Gasteiger partial charge < -0.3 is 4.74 Å². The van der Waals surface area contributed by atoms with Gasteiger partial charge in [-0.25, -0.2) is 0 Å². The summed E-state index contributed by atoms with van der Waals surface area (Å²) >= 11 is 0. The largest absolute Gasteiger partial charge is 0.393 e. The van der Waals surface area contributed by atoms with E-state index >= 15 is 0 Å². The van der Waals surface area contributed by atoms with Crippen molar-refractivity contribution < 1.29 is 14.3 Å². The molecule has 1 saturated heterocycles. The number of cyclic esters (lactones) is 2. The van der Waals surface area contributed by atoms with Crippen molar-refractivity contribution in [3.8, 4) is 0 Å². The molecule has 0 saturated carbocycles. The molecule has 0 amide bonds. The van der Waals surface area contributed by atoms with Crippen LogP contribution in [0.1, 0.15) is 26.2 Å². The van der Waals surface area contributed by atoms with Gasteiger partial charge in [-0.1, -0.05) is 13.3 Å². The monoisotopic (exact) mass is 155 g/mol. The molecule has 0 aromatic rings. The van der Waals surface area contributed by atoms with Gasteiger partial charge >= 0.3 is 11.9 Å². The fourth-order valence-electron chi connectivity index (χ4n) is 1.04. The summed E-state index contributed by atoms with van der Waals surface area (Å²) in [4.78, 5) is 21.4. The lowest BCUT2D eigenvalue weighted by Gasteiger charge is -1.99. The molecule has 0 aromatic heterocycles. The van der Waals surface area contributed by atoms with Crippen LogP contribution in [-0.2, 0) is 14.3 Å². The number of rotatable bonds is 3. The van der Waals surface area contributed by atoms with Gasteiger partial charge in [0.2, 0.25) is 0 Å². The van der Waals surface area contributed by atoms with Crippen LogP contribution in [0.4, 0.5) is 0 Å². The van der Waals surface area contributed by atoms with Crippen molar-refractivity contribution in [2.24, 2.45) is 5.92 Å². The quantitative estimate of drug-likeness (QED) is 0.452. The third-order valence-corrected chi connectivity index (χ3v) is 1.64. The molecule has 61 valence electrons. The summed E-state index contributed by atoms with van der Waals surface area (Å²) in [6, 6.07) is 0. The van der Waals surface area contributed by atoms with Crippen LogP contribution in [0, 0.1) is 12.3 Å². The minimum atomic E-state index is -0.396. The standard InChI is InChI=1S/C8H11O3/c1-2-3-4-6-5-7(9)11-8(6)10/h4,6H,2-3,5H2,1H3. The highest BCUT2D eigenvalue weighted by Crippen LogP contribution is 2.20. The molecule has 0 aromatic carbocycles. The lowest BCUT2D eigenvalue weighted by Crippen LogP contribution is -2.07. The smallest absolute Gasteiger partial charge is 0.317 e. The Hall–Kier alpha value is -0.860. The molecule has 3 heteroatoms. The van der Waals surface area contributed by atoms with E-state index in [0.717, 1.165) is 12.8 Å². The maximum absolute atomic E-state index is 10.8. The van der Waals surface area contributed by atoms with E-state index in [-0.39, 0.29) is 18.3 Å². The number of carbonyl (C=O) groups is 2. The van der Waals surface area contributed by atoms with E-state index in [1.165, 1.54) is 0 Å². The molecular formula is C8H11O3. The van der Waals surface area contributed by atoms with Crippen molar-refractivity contribution >= 4 is 11.9 Å². The second-order valence-electron chi connectivity index (χ2n) is 2.63. The van der Waals surface area contributed by atoms with Crippen LogP contribution in [0.5, 0.6) is 0 Å². The van der Waals surface area contributed by atoms with E-state index in [2.05, 4.69) is 4.74 Å². The van der Waals surface area contributed by atoms with Crippen molar-refractivity contribution in [2.75, 3.05) is 0 Å². The first-order chi connectivity index (χ1) is 5.24. The van der Waals surface area contributed by atoms with Crippen molar-refractivity contribution in [3.63, 3.8) is 0 Å². The van der Waals surface area contributed by atoms with Crippen molar-refractivity contribution in [2.45, 2.75) is 26.2 Å². The topological polar surface area (TPSA) is 43.4 Å². The lowest BCUT2D eigenvalue weighted by atomic mass is 10.0. The highest BCUT2D eigenvalue weighted by atomic mass is 16.6. The zero-order chi connectivity index (χ0) is 8.27. The zero-order valence-electron chi connectivity index (χ0n) is 6.50. The third-order valence-electron chi connectivity index (χ3n) is 1.64. The van der Waals surface area contributed by atoms with Crippen LogP contribution >= 0.6 is 0 Å². The summed E-state index contributed by atoms with van der Waals surface area (Å²) in [6.07, 6.45) is 3.96. The number of carbonyl (C=O) groups excluding carboxylic acids is 2. The molecule has 1 aliphatic heterocycles. The first-order valence-corrected chi connectivity index (χ1v) is 3.82. The van der Waals surface area contributed by atoms with Crippen LogP contribution in [0.2, 0.25) is 0 Å². The Morgan fingerprint density at radius 1 is 1.64 bits per heavy atom. The van der Waals surface area contributed by atoms with Gasteiger partial charge in [0.25, 0.3) is 0 Å². The second kappa shape index (κ2) is 3.51. The summed E-state index contributed by atoms with van der Waals surface area (Å²) in [7, 11) is 0. The molecule has 1 fully saturated rings. The number of esters is 2. The number of unbranched alkanes of at least 4 members (excludes halogenated alkanes) is 1. The minimum Gasteiger partial charge on any atom is -0.393 e. The van der Waals surface area contributed by atoms with Crippen LogP contribution in [0.25, 0.3) is 0 Å². The Morgan fingerprint density at radius 3 is 2.82 bits per heavy atom. The molecule has 1 heterocycles. The summed E-state index contributed by atoms with van der Waals surface area (Å²) in [5.74, 6) is -1.06. The molecule has 0 N–H and O–H groups in total. The van der Waals surface area contributed by atoms with E-state index < -0.39 is 5.97 Å². The molecule has 0 spiro atoms. The van der Waals surface area contributed by atoms with Gasteiger partial charge in [-0.2, -0.15) is 0 Å². The maximum atomic E-state index is 10.8. The molecule has 11 heavy (non-hydrogen) atoms. The molecule has 3 nitrogen and oxygen atoms in total. The molecule has 1 atom stereocenters. The van der Waals surface area contributed by atoms with Crippen molar-refractivity contribution in [1.82, 2.24) is 0 Å². The van der Waals surface area contributed by atoms with Crippen LogP contribution in [0.15, 0.2) is 0 Å². The van der Waals surface area contributed by atoms with E-state index in [1.807, 2.05) is 13.3 Å². The molecule has 1 radical (unpaired) electrons. The van der Waals surface area contributed by atoms with Gasteiger partial charge in [0.05, 0.1) is 12.3 Å². The van der Waals surface area contributed by atoms with E-state index in [4.69, 9.17) is 0 Å². The highest BCUT2D eigenvalue weighted by Gasteiger charge is 2.32. The Morgan fingerprint density at radius 2 is 2.36 bits per heavy atom. The third kappa shape index (κ3) is 2.03. The Balaban J connectivity index is 2.34. The van der Waals surface area contributed by atoms with Gasteiger partial charge in [-0.05, 0) is 12.8 Å². The van der Waals surface area contributed by atoms with Gasteiger partial charge in [-0.15, -0.1) is 0 Å². The average Bonchev–Trinajstić information content (AvgIpc) is 2.26. The highest BCUT2D eigenvalue weighted by molar-refractivity contribution is 5.95. The normalized spacial score (nSPS) is 23.9. The Bertz CT molecular complexity index is 174. The van der Waals surface area contributed by atoms with E-state index in [1.54, 1.807) is 0 Å². The summed E-state index contributed by atoms with van der Waals surface area (Å²) in [5.41, 5.74) is 0. The minimum absolute atomic E-state index is 0.235. The van der Waals surface area contributed by atoms with Gasteiger partial charge in [-0.3, -0.25) is 9.59 Å². The first kappa shape index (κ1) is 8.24. The van der Waals surface area contributed by atoms with E-state index in [9.17, 15) is 9.59 Å². The molecule has 0 aliphatic carbocycles. The SMILES string of the molecule is CCC[CH]C1CC(=O)OC1=O.